The molecule has 1 aliphatic heterocycles. The van der Waals surface area contributed by atoms with Gasteiger partial charge in [0.15, 0.2) is 0 Å². The average Bonchev–Trinajstić information content (AvgIpc) is 2.64. The predicted molar refractivity (Wildman–Crippen MR) is 56.2 cm³/mol. The SMILES string of the molecule is Nc1ccc(C2CNC(=O)C2)cc1C(F)(F)F. The Hall–Kier alpha value is -1.72. The summed E-state index contributed by atoms with van der Waals surface area (Å²) in [5.41, 5.74) is 4.66. The number of halogens is 3. The van der Waals surface area contributed by atoms with E-state index in [-0.39, 0.29) is 23.9 Å². The van der Waals surface area contributed by atoms with Crippen LogP contribution < -0.4 is 11.1 Å². The molecule has 0 bridgehead atoms. The van der Waals surface area contributed by atoms with E-state index in [2.05, 4.69) is 5.32 Å². The van der Waals surface area contributed by atoms with E-state index >= 15 is 0 Å². The largest absolute Gasteiger partial charge is 0.418 e. The summed E-state index contributed by atoms with van der Waals surface area (Å²) in [6.45, 7) is 0.375. The molecular weight excluding hydrogens is 233 g/mol. The van der Waals surface area contributed by atoms with Crippen LogP contribution in [0.5, 0.6) is 0 Å². The minimum absolute atomic E-state index is 0.139. The summed E-state index contributed by atoms with van der Waals surface area (Å²) < 4.78 is 37.9. The molecule has 1 unspecified atom stereocenters. The molecule has 1 fully saturated rings. The third-order valence-corrected chi connectivity index (χ3v) is 2.83. The molecule has 1 aromatic carbocycles. The summed E-state index contributed by atoms with van der Waals surface area (Å²) in [5.74, 6) is -0.343. The quantitative estimate of drug-likeness (QED) is 0.741. The molecule has 1 saturated heterocycles. The smallest absolute Gasteiger partial charge is 0.398 e. The molecule has 1 aliphatic rings. The van der Waals surface area contributed by atoms with E-state index in [0.717, 1.165) is 6.07 Å². The van der Waals surface area contributed by atoms with Crippen molar-refractivity contribution in [1.29, 1.82) is 0 Å². The van der Waals surface area contributed by atoms with E-state index in [9.17, 15) is 18.0 Å². The van der Waals surface area contributed by atoms with Gasteiger partial charge in [0.25, 0.3) is 0 Å². The van der Waals surface area contributed by atoms with Gasteiger partial charge < -0.3 is 11.1 Å². The lowest BCUT2D eigenvalue weighted by atomic mass is 9.95. The Bertz CT molecular complexity index is 457. The third-order valence-electron chi connectivity index (χ3n) is 2.83. The predicted octanol–water partition coefficient (Wildman–Crippen LogP) is 1.89. The van der Waals surface area contributed by atoms with Crippen molar-refractivity contribution in [1.82, 2.24) is 5.32 Å². The van der Waals surface area contributed by atoms with E-state index in [1.165, 1.54) is 12.1 Å². The van der Waals surface area contributed by atoms with Gasteiger partial charge in [0.1, 0.15) is 0 Å². The number of benzene rings is 1. The van der Waals surface area contributed by atoms with Gasteiger partial charge in [-0.2, -0.15) is 13.2 Å². The van der Waals surface area contributed by atoms with Crippen molar-refractivity contribution < 1.29 is 18.0 Å². The van der Waals surface area contributed by atoms with Gasteiger partial charge in [0.2, 0.25) is 5.91 Å². The van der Waals surface area contributed by atoms with Gasteiger partial charge in [-0.1, -0.05) is 6.07 Å². The summed E-state index contributed by atoms with van der Waals surface area (Å²) in [5, 5.41) is 2.59. The number of nitrogens with two attached hydrogens (primary N) is 1. The number of alkyl halides is 3. The van der Waals surface area contributed by atoms with E-state index in [0.29, 0.717) is 12.1 Å². The van der Waals surface area contributed by atoms with Gasteiger partial charge in [-0.05, 0) is 17.7 Å². The summed E-state index contributed by atoms with van der Waals surface area (Å²) in [7, 11) is 0. The van der Waals surface area contributed by atoms with Crippen molar-refractivity contribution in [2.24, 2.45) is 0 Å². The number of carbonyl (C=O) groups excluding carboxylic acids is 1. The van der Waals surface area contributed by atoms with Crippen molar-refractivity contribution in [3.63, 3.8) is 0 Å². The number of rotatable bonds is 1. The zero-order valence-corrected chi connectivity index (χ0v) is 8.84. The molecule has 1 atom stereocenters. The molecule has 92 valence electrons. The third kappa shape index (κ3) is 2.35. The maximum Gasteiger partial charge on any atom is 0.418 e. The fraction of sp³-hybridized carbons (Fsp3) is 0.364. The molecule has 6 heteroatoms. The van der Waals surface area contributed by atoms with E-state index in [1.807, 2.05) is 0 Å². The topological polar surface area (TPSA) is 55.1 Å². The Kier molecular flexibility index (Phi) is 2.73. The summed E-state index contributed by atoms with van der Waals surface area (Å²) in [6.07, 6.45) is -4.24. The highest BCUT2D eigenvalue weighted by molar-refractivity contribution is 5.79. The highest BCUT2D eigenvalue weighted by atomic mass is 19.4. The summed E-state index contributed by atoms with van der Waals surface area (Å²) in [4.78, 5) is 11.0. The van der Waals surface area contributed by atoms with Crippen LogP contribution in [0.1, 0.15) is 23.5 Å². The lowest BCUT2D eigenvalue weighted by Crippen LogP contribution is -2.14. The molecular formula is C11H11F3N2O. The van der Waals surface area contributed by atoms with Crippen LogP contribution in [-0.4, -0.2) is 12.5 Å². The molecule has 17 heavy (non-hydrogen) atoms. The number of hydrogen-bond donors (Lipinski definition) is 2. The normalized spacial score (nSPS) is 20.4. The van der Waals surface area contributed by atoms with Crippen LogP contribution in [0.3, 0.4) is 0 Å². The molecule has 1 heterocycles. The number of nitrogens with one attached hydrogen (secondary N) is 1. The molecule has 3 N–H and O–H groups in total. The van der Waals surface area contributed by atoms with Gasteiger partial charge in [0.05, 0.1) is 5.56 Å². The van der Waals surface area contributed by atoms with Crippen molar-refractivity contribution in [2.45, 2.75) is 18.5 Å². The fourth-order valence-electron chi connectivity index (χ4n) is 1.91. The molecule has 0 radical (unpaired) electrons. The second kappa shape index (κ2) is 3.94. The Labute approximate surface area is 95.8 Å². The van der Waals surface area contributed by atoms with Gasteiger partial charge >= 0.3 is 6.18 Å². The van der Waals surface area contributed by atoms with Crippen molar-refractivity contribution in [3.05, 3.63) is 29.3 Å². The Balaban J connectivity index is 2.34. The molecule has 1 aromatic rings. The zero-order valence-electron chi connectivity index (χ0n) is 8.84. The van der Waals surface area contributed by atoms with Crippen molar-refractivity contribution in [3.8, 4) is 0 Å². The first-order valence-electron chi connectivity index (χ1n) is 5.11. The monoisotopic (exact) mass is 244 g/mol. The summed E-state index contributed by atoms with van der Waals surface area (Å²) in [6, 6.07) is 3.80. The average molecular weight is 244 g/mol. The molecule has 3 nitrogen and oxygen atoms in total. The van der Waals surface area contributed by atoms with Gasteiger partial charge in [-0.15, -0.1) is 0 Å². The zero-order chi connectivity index (χ0) is 12.6. The van der Waals surface area contributed by atoms with Gasteiger partial charge in [-0.25, -0.2) is 0 Å². The Morgan fingerprint density at radius 3 is 2.59 bits per heavy atom. The maximum atomic E-state index is 12.6. The summed E-state index contributed by atoms with van der Waals surface area (Å²) >= 11 is 0. The fourth-order valence-corrected chi connectivity index (χ4v) is 1.91. The van der Waals surface area contributed by atoms with E-state index in [4.69, 9.17) is 5.73 Å². The van der Waals surface area contributed by atoms with Crippen LogP contribution in [0, 0.1) is 0 Å². The maximum absolute atomic E-state index is 12.6. The molecule has 2 rings (SSSR count). The first kappa shape index (κ1) is 11.8. The van der Waals surface area contributed by atoms with Crippen LogP contribution in [0.4, 0.5) is 18.9 Å². The van der Waals surface area contributed by atoms with Gasteiger partial charge in [0, 0.05) is 24.6 Å². The Morgan fingerprint density at radius 2 is 2.06 bits per heavy atom. The van der Waals surface area contributed by atoms with E-state index in [1.54, 1.807) is 0 Å². The highest BCUT2D eigenvalue weighted by Crippen LogP contribution is 2.36. The standard InChI is InChI=1S/C11H11F3N2O/c12-11(13,14)8-3-6(1-2-9(8)15)7-4-10(17)16-5-7/h1-3,7H,4-5,15H2,(H,16,17). The first-order valence-corrected chi connectivity index (χ1v) is 5.11. The van der Waals surface area contributed by atoms with Crippen LogP contribution in [-0.2, 0) is 11.0 Å². The lowest BCUT2D eigenvalue weighted by Gasteiger charge is -2.14. The van der Waals surface area contributed by atoms with Crippen molar-refractivity contribution in [2.75, 3.05) is 12.3 Å². The number of carbonyl (C=O) groups is 1. The first-order chi connectivity index (χ1) is 7.88. The molecule has 0 saturated carbocycles. The second-order valence-electron chi connectivity index (χ2n) is 4.05. The number of amides is 1. The van der Waals surface area contributed by atoms with Gasteiger partial charge in [-0.3, -0.25) is 4.79 Å². The van der Waals surface area contributed by atoms with Crippen LogP contribution in [0.25, 0.3) is 0 Å². The minimum atomic E-state index is -4.46. The van der Waals surface area contributed by atoms with E-state index < -0.39 is 11.7 Å². The second-order valence-corrected chi connectivity index (χ2v) is 4.05. The molecule has 1 amide bonds. The number of nitrogen functional groups attached to an aromatic ring is 1. The molecule has 0 aromatic heterocycles. The number of hydrogen-bond acceptors (Lipinski definition) is 2. The highest BCUT2D eigenvalue weighted by Gasteiger charge is 2.34. The number of anilines is 1. The van der Waals surface area contributed by atoms with Crippen LogP contribution >= 0.6 is 0 Å². The molecule has 0 spiro atoms. The minimum Gasteiger partial charge on any atom is -0.398 e. The van der Waals surface area contributed by atoms with Crippen LogP contribution in [0.15, 0.2) is 18.2 Å². The van der Waals surface area contributed by atoms with Crippen LogP contribution in [0.2, 0.25) is 0 Å². The lowest BCUT2D eigenvalue weighted by molar-refractivity contribution is -0.137. The molecule has 0 aliphatic carbocycles. The van der Waals surface area contributed by atoms with Crippen molar-refractivity contribution >= 4 is 11.6 Å². The Morgan fingerprint density at radius 1 is 1.35 bits per heavy atom.